The second-order valence-electron chi connectivity index (χ2n) is 12.7. The van der Waals surface area contributed by atoms with Gasteiger partial charge in [0.2, 0.25) is 5.88 Å². The first-order valence-corrected chi connectivity index (χ1v) is 15.2. The van der Waals surface area contributed by atoms with Crippen molar-refractivity contribution < 1.29 is 22.6 Å². The second-order valence-corrected chi connectivity index (χ2v) is 12.7. The van der Waals surface area contributed by atoms with Gasteiger partial charge in [0, 0.05) is 42.5 Å². The third kappa shape index (κ3) is 3.86. The number of pyridine rings is 1. The van der Waals surface area contributed by atoms with Gasteiger partial charge in [-0.05, 0) is 49.7 Å². The Hall–Kier alpha value is -3.70. The maximum Gasteiger partial charge on any atom is 0.319 e. The fraction of sp³-hybridized carbons (Fsp3) is 0.469. The van der Waals surface area contributed by atoms with Crippen molar-refractivity contribution in [3.63, 3.8) is 0 Å². The van der Waals surface area contributed by atoms with E-state index in [1.165, 1.54) is 6.07 Å². The summed E-state index contributed by atoms with van der Waals surface area (Å²) >= 11 is 0. The van der Waals surface area contributed by atoms with Crippen LogP contribution in [-0.4, -0.2) is 82.5 Å². The molecule has 0 radical (unpaired) electrons. The highest BCUT2D eigenvalue weighted by Gasteiger charge is 2.50. The summed E-state index contributed by atoms with van der Waals surface area (Å²) < 4.78 is 58.6. The van der Waals surface area contributed by atoms with E-state index in [0.29, 0.717) is 59.7 Å². The molecule has 8 nitrogen and oxygen atoms in total. The summed E-state index contributed by atoms with van der Waals surface area (Å²) in [6, 6.07) is 10.4. The van der Waals surface area contributed by atoms with Crippen LogP contribution in [0, 0.1) is 11.6 Å². The molecule has 0 amide bonds. The molecule has 5 atom stereocenters. The molecule has 9 rings (SSSR count). The van der Waals surface area contributed by atoms with Crippen molar-refractivity contribution in [3.8, 4) is 23.1 Å². The number of piperazine rings is 1. The number of nitrogens with zero attached hydrogens (tertiary/aromatic N) is 5. The van der Waals surface area contributed by atoms with Crippen molar-refractivity contribution >= 4 is 27.5 Å². The van der Waals surface area contributed by atoms with Gasteiger partial charge in [0.25, 0.3) is 0 Å². The van der Waals surface area contributed by atoms with Gasteiger partial charge in [0.1, 0.15) is 47.6 Å². The Kier molecular flexibility index (Phi) is 5.63. The summed E-state index contributed by atoms with van der Waals surface area (Å²) in [5.74, 6) is -0.233. The van der Waals surface area contributed by atoms with Gasteiger partial charge in [-0.25, -0.2) is 18.2 Å². The molecule has 2 aromatic heterocycles. The zero-order valence-corrected chi connectivity index (χ0v) is 23.5. The molecular formula is C32H31F3N6O2. The number of alkyl halides is 1. The second kappa shape index (κ2) is 9.40. The van der Waals surface area contributed by atoms with Gasteiger partial charge >= 0.3 is 6.01 Å². The molecule has 2 bridgehead atoms. The van der Waals surface area contributed by atoms with Crippen LogP contribution in [0.2, 0.25) is 0 Å². The molecule has 222 valence electrons. The molecule has 0 aliphatic carbocycles. The van der Waals surface area contributed by atoms with E-state index in [4.69, 9.17) is 19.4 Å². The Labute approximate surface area is 246 Å². The number of aromatic nitrogens is 3. The lowest BCUT2D eigenvalue weighted by atomic mass is 9.95. The summed E-state index contributed by atoms with van der Waals surface area (Å²) in [7, 11) is 0. The summed E-state index contributed by atoms with van der Waals surface area (Å²) in [5, 5.41) is 5.02. The Morgan fingerprint density at radius 3 is 2.84 bits per heavy atom. The first kappa shape index (κ1) is 25.8. The molecule has 4 saturated heterocycles. The summed E-state index contributed by atoms with van der Waals surface area (Å²) in [6.07, 6.45) is 3.42. The Bertz CT molecular complexity index is 1790. The number of anilines is 1. The normalized spacial score (nSPS) is 29.5. The standard InChI is InChI=1S/C32H31F3N6O2/c33-17-12-32(10-3-11-40(32)13-17)16-43-31-38-28-25-29(39-31)41-14-18-6-9-23(36-18)24(41)15-42-30(25)37-27(26(28)35)21-7-8-22(34)20-5-2-1-4-19(20)21/h1-2,4-5,7-8,17-18,23-24,36H,3,6,9-16H2. The SMILES string of the molecule is Fc1ccc(-c2nc3c4c(nc(OCC56CCCN5CC(F)C6)nc4c2F)N2CC4CCC(N4)C2CO3)c2ccccc12. The Morgan fingerprint density at radius 2 is 1.93 bits per heavy atom. The van der Waals surface area contributed by atoms with Crippen LogP contribution >= 0.6 is 0 Å². The van der Waals surface area contributed by atoms with E-state index in [0.717, 1.165) is 32.2 Å². The molecule has 1 N–H and O–H groups in total. The highest BCUT2D eigenvalue weighted by molar-refractivity contribution is 6.01. The number of nitrogens with one attached hydrogen (secondary N) is 1. The van der Waals surface area contributed by atoms with Crippen LogP contribution in [0.1, 0.15) is 32.1 Å². The van der Waals surface area contributed by atoms with Crippen LogP contribution in [0.15, 0.2) is 36.4 Å². The molecule has 0 spiro atoms. The average molecular weight is 589 g/mol. The number of halogens is 3. The number of ether oxygens (including phenoxy) is 2. The average Bonchev–Trinajstić information content (AvgIpc) is 3.65. The quantitative estimate of drug-likeness (QED) is 0.365. The van der Waals surface area contributed by atoms with E-state index in [1.807, 2.05) is 0 Å². The molecule has 7 heterocycles. The van der Waals surface area contributed by atoms with E-state index in [1.54, 1.807) is 30.3 Å². The molecule has 4 fully saturated rings. The maximum absolute atomic E-state index is 16.8. The van der Waals surface area contributed by atoms with E-state index in [2.05, 4.69) is 20.1 Å². The molecule has 43 heavy (non-hydrogen) atoms. The highest BCUT2D eigenvalue weighted by atomic mass is 19.1. The Morgan fingerprint density at radius 1 is 1.05 bits per heavy atom. The van der Waals surface area contributed by atoms with E-state index in [-0.39, 0.29) is 41.8 Å². The molecule has 0 saturated carbocycles. The number of fused-ring (bicyclic) bond motifs is 7. The van der Waals surface area contributed by atoms with Crippen molar-refractivity contribution in [3.05, 3.63) is 48.0 Å². The minimum Gasteiger partial charge on any atom is -0.475 e. The maximum atomic E-state index is 16.8. The van der Waals surface area contributed by atoms with Gasteiger partial charge in [-0.3, -0.25) is 4.90 Å². The van der Waals surface area contributed by atoms with Gasteiger partial charge in [-0.2, -0.15) is 9.97 Å². The van der Waals surface area contributed by atoms with Crippen molar-refractivity contribution in [1.29, 1.82) is 0 Å². The molecular weight excluding hydrogens is 557 g/mol. The number of hydrogen-bond donors (Lipinski definition) is 1. The minimum atomic E-state index is -0.889. The predicted octanol–water partition coefficient (Wildman–Crippen LogP) is 4.78. The van der Waals surface area contributed by atoms with E-state index in [9.17, 15) is 8.78 Å². The fourth-order valence-electron chi connectivity index (χ4n) is 8.28. The highest BCUT2D eigenvalue weighted by Crippen LogP contribution is 2.45. The van der Waals surface area contributed by atoms with Crippen LogP contribution in [0.3, 0.4) is 0 Å². The zero-order chi connectivity index (χ0) is 28.9. The topological polar surface area (TPSA) is 75.6 Å². The van der Waals surface area contributed by atoms with Crippen LogP contribution in [0.25, 0.3) is 32.9 Å². The number of benzene rings is 2. The lowest BCUT2D eigenvalue weighted by Gasteiger charge is -2.40. The summed E-state index contributed by atoms with van der Waals surface area (Å²) in [5.41, 5.74) is 0.133. The van der Waals surface area contributed by atoms with Crippen molar-refractivity contribution in [2.75, 3.05) is 37.7 Å². The van der Waals surface area contributed by atoms with Gasteiger partial charge < -0.3 is 19.7 Å². The lowest BCUT2D eigenvalue weighted by molar-refractivity contribution is 0.107. The van der Waals surface area contributed by atoms with E-state index < -0.39 is 23.3 Å². The van der Waals surface area contributed by atoms with Crippen LogP contribution in [-0.2, 0) is 0 Å². The van der Waals surface area contributed by atoms with Crippen molar-refractivity contribution in [2.24, 2.45) is 0 Å². The van der Waals surface area contributed by atoms with Gasteiger partial charge in [-0.15, -0.1) is 0 Å². The van der Waals surface area contributed by atoms with Crippen LogP contribution < -0.4 is 19.7 Å². The number of hydrogen-bond acceptors (Lipinski definition) is 8. The molecule has 2 aromatic carbocycles. The Balaban J connectivity index is 1.22. The van der Waals surface area contributed by atoms with Gasteiger partial charge in [0.05, 0.1) is 11.6 Å². The zero-order valence-electron chi connectivity index (χ0n) is 23.5. The van der Waals surface area contributed by atoms with Crippen LogP contribution in [0.5, 0.6) is 11.9 Å². The van der Waals surface area contributed by atoms with Crippen LogP contribution in [0.4, 0.5) is 19.0 Å². The molecule has 5 aliphatic heterocycles. The van der Waals surface area contributed by atoms with Gasteiger partial charge in [0.15, 0.2) is 5.82 Å². The van der Waals surface area contributed by atoms with Gasteiger partial charge in [-0.1, -0.05) is 24.3 Å². The fourth-order valence-corrected chi connectivity index (χ4v) is 8.28. The van der Waals surface area contributed by atoms with Crippen molar-refractivity contribution in [1.82, 2.24) is 25.2 Å². The molecule has 11 heteroatoms. The van der Waals surface area contributed by atoms with Crippen molar-refractivity contribution in [2.45, 2.75) is 61.9 Å². The minimum absolute atomic E-state index is 0.0249. The number of rotatable bonds is 4. The summed E-state index contributed by atoms with van der Waals surface area (Å²) in [4.78, 5) is 18.6. The third-order valence-electron chi connectivity index (χ3n) is 10.3. The summed E-state index contributed by atoms with van der Waals surface area (Å²) in [6.45, 7) is 2.54. The smallest absolute Gasteiger partial charge is 0.319 e. The third-order valence-corrected chi connectivity index (χ3v) is 10.3. The predicted molar refractivity (Wildman–Crippen MR) is 155 cm³/mol. The first-order chi connectivity index (χ1) is 21.0. The molecule has 4 aromatic rings. The first-order valence-electron chi connectivity index (χ1n) is 15.2. The van der Waals surface area contributed by atoms with E-state index >= 15 is 4.39 Å². The molecule has 5 aliphatic rings. The lowest BCUT2D eigenvalue weighted by Crippen LogP contribution is -2.60. The molecule has 5 unspecified atom stereocenters. The monoisotopic (exact) mass is 588 g/mol. The largest absolute Gasteiger partial charge is 0.475 e.